The summed E-state index contributed by atoms with van der Waals surface area (Å²) in [5.74, 6) is 0. The molecule has 0 spiro atoms. The van der Waals surface area contributed by atoms with Gasteiger partial charge in [0.2, 0.25) is 0 Å². The van der Waals surface area contributed by atoms with Crippen molar-refractivity contribution in [3.05, 3.63) is 0 Å². The minimum atomic E-state index is 0. The largest absolute Gasteiger partial charge is 0.0901 e. The summed E-state index contributed by atoms with van der Waals surface area (Å²) in [6.07, 6.45) is 0. The highest BCUT2D eigenvalue weighted by atomic mass is 31.1. The molecule has 0 aromatic carbocycles. The molecule has 0 atom stereocenters. The fraction of sp³-hybridized carbons (Fsp3) is 1.00. The molecule has 0 aliphatic rings. The Labute approximate surface area is 94.6 Å². The van der Waals surface area contributed by atoms with Gasteiger partial charge in [0.15, 0.2) is 0 Å². The quantitative estimate of drug-likeness (QED) is 0.431. The fourth-order valence-electron chi connectivity index (χ4n) is 3.02. The van der Waals surface area contributed by atoms with Crippen molar-refractivity contribution in [1.82, 2.24) is 0 Å². The van der Waals surface area contributed by atoms with E-state index in [0.29, 0.717) is 15.5 Å². The Morgan fingerprint density at radius 2 is 0.643 bits per heavy atom. The molecule has 0 bridgehead atoms. The second-order valence-electron chi connectivity index (χ2n) is 6.85. The van der Waals surface area contributed by atoms with Gasteiger partial charge in [-0.2, -0.15) is 0 Å². The average molecular weight is 217 g/mol. The third kappa shape index (κ3) is 4.83. The lowest BCUT2D eigenvalue weighted by Crippen LogP contribution is -2.34. The van der Waals surface area contributed by atoms with E-state index in [4.69, 9.17) is 0 Å². The summed E-state index contributed by atoms with van der Waals surface area (Å²) in [6, 6.07) is 0. The second kappa shape index (κ2) is 4.56. The maximum Gasteiger partial charge on any atom is -0.0170 e. The van der Waals surface area contributed by atoms with Crippen molar-refractivity contribution in [2.24, 2.45) is 0 Å². The van der Waals surface area contributed by atoms with Crippen LogP contribution in [0.5, 0.6) is 0 Å². The minimum absolute atomic E-state index is 0. The van der Waals surface area contributed by atoms with Gasteiger partial charge in [-0.25, -0.2) is 0 Å². The standard InChI is InChI=1S/C12H27P.BH4/c1-10(2,3)13(11(4,5)6)12(7,8)9;/h1-9H3;1H4/q;-1. The molecule has 0 aromatic heterocycles. The molecule has 0 aliphatic heterocycles. The van der Waals surface area contributed by atoms with Gasteiger partial charge in [0.05, 0.1) is 0 Å². The van der Waals surface area contributed by atoms with E-state index in [1.165, 1.54) is 0 Å². The molecular formula is C12H31BP-. The van der Waals surface area contributed by atoms with Crippen molar-refractivity contribution in [2.75, 3.05) is 0 Å². The van der Waals surface area contributed by atoms with Gasteiger partial charge in [-0.1, -0.05) is 78.6 Å². The summed E-state index contributed by atoms with van der Waals surface area (Å²) >= 11 is 0. The van der Waals surface area contributed by atoms with E-state index in [2.05, 4.69) is 62.3 Å². The van der Waals surface area contributed by atoms with Gasteiger partial charge in [0.25, 0.3) is 0 Å². The molecule has 0 N–H and O–H groups in total. The summed E-state index contributed by atoms with van der Waals surface area (Å²) in [6.45, 7) is 21.5. The zero-order valence-electron chi connectivity index (χ0n) is 10.9. The lowest BCUT2D eigenvalue weighted by molar-refractivity contribution is 0.644. The van der Waals surface area contributed by atoms with Crippen LogP contribution in [0.1, 0.15) is 62.3 Å². The monoisotopic (exact) mass is 217 g/mol. The number of hydrogen-bond acceptors (Lipinski definition) is 0. The van der Waals surface area contributed by atoms with E-state index in [9.17, 15) is 0 Å². The van der Waals surface area contributed by atoms with Crippen LogP contribution in [-0.4, -0.2) is 23.9 Å². The Kier molecular flexibility index (Phi) is 5.51. The summed E-state index contributed by atoms with van der Waals surface area (Å²) in [5, 5.41) is 1.35. The van der Waals surface area contributed by atoms with Crippen LogP contribution in [0, 0.1) is 0 Å². The minimum Gasteiger partial charge on any atom is -0.0901 e. The summed E-state index contributed by atoms with van der Waals surface area (Å²) in [4.78, 5) is 0. The zero-order valence-corrected chi connectivity index (χ0v) is 11.8. The maximum absolute atomic E-state index is 2.38. The first-order valence-electron chi connectivity index (χ1n) is 5.17. The highest BCUT2D eigenvalue weighted by Gasteiger charge is 2.41. The summed E-state index contributed by atoms with van der Waals surface area (Å²) < 4.78 is 0. The van der Waals surface area contributed by atoms with Gasteiger partial charge in [-0.05, 0) is 15.5 Å². The first kappa shape index (κ1) is 16.9. The van der Waals surface area contributed by atoms with Crippen LogP contribution in [0.4, 0.5) is 0 Å². The van der Waals surface area contributed by atoms with Gasteiger partial charge in [0.1, 0.15) is 0 Å². The van der Waals surface area contributed by atoms with Crippen molar-refractivity contribution < 1.29 is 0 Å². The Morgan fingerprint density at radius 3 is 0.643 bits per heavy atom. The molecule has 88 valence electrons. The van der Waals surface area contributed by atoms with Crippen molar-refractivity contribution in [1.29, 1.82) is 0 Å². The first-order chi connectivity index (χ1) is 5.37. The van der Waals surface area contributed by atoms with Crippen molar-refractivity contribution in [3.63, 3.8) is 0 Å². The Balaban J connectivity index is 0. The van der Waals surface area contributed by atoms with Crippen LogP contribution < -0.4 is 0 Å². The molecule has 0 fully saturated rings. The van der Waals surface area contributed by atoms with E-state index >= 15 is 0 Å². The molecule has 0 aromatic rings. The number of rotatable bonds is 0. The molecule has 0 radical (unpaired) electrons. The van der Waals surface area contributed by atoms with E-state index in [1.54, 1.807) is 0 Å². The van der Waals surface area contributed by atoms with Crippen LogP contribution in [0.15, 0.2) is 0 Å². The lowest BCUT2D eigenvalue weighted by atomic mass is 10.2. The van der Waals surface area contributed by atoms with Crippen LogP contribution in [0.25, 0.3) is 0 Å². The predicted molar refractivity (Wildman–Crippen MR) is 77.5 cm³/mol. The summed E-state index contributed by atoms with van der Waals surface area (Å²) in [5.41, 5.74) is 0. The van der Waals surface area contributed by atoms with Gasteiger partial charge in [-0.15, -0.1) is 0 Å². The molecule has 0 saturated heterocycles. The maximum atomic E-state index is 2.38. The Bertz CT molecular complexity index is 133. The van der Waals surface area contributed by atoms with E-state index in [0.717, 1.165) is 0 Å². The Morgan fingerprint density at radius 1 is 0.500 bits per heavy atom. The second-order valence-corrected chi connectivity index (χ2v) is 11.5. The van der Waals surface area contributed by atoms with Gasteiger partial charge in [0, 0.05) is 0 Å². The molecule has 0 amide bonds. The van der Waals surface area contributed by atoms with Crippen LogP contribution in [-0.2, 0) is 0 Å². The molecule has 0 unspecified atom stereocenters. The molecule has 0 rings (SSSR count). The third-order valence-corrected chi connectivity index (χ3v) is 6.04. The SMILES string of the molecule is CC(C)(C)P(C(C)(C)C)C(C)(C)C.[BH4-]. The highest BCUT2D eigenvalue weighted by molar-refractivity contribution is 7.62. The van der Waals surface area contributed by atoms with E-state index < -0.39 is 0 Å². The predicted octanol–water partition coefficient (Wildman–Crippen LogP) is 3.41. The van der Waals surface area contributed by atoms with Crippen molar-refractivity contribution in [2.45, 2.75) is 77.8 Å². The van der Waals surface area contributed by atoms with Crippen molar-refractivity contribution in [3.8, 4) is 0 Å². The van der Waals surface area contributed by atoms with E-state index in [-0.39, 0.29) is 16.3 Å². The van der Waals surface area contributed by atoms with Crippen LogP contribution >= 0.6 is 7.92 Å². The van der Waals surface area contributed by atoms with Gasteiger partial charge >= 0.3 is 0 Å². The molecular weight excluding hydrogens is 186 g/mol. The van der Waals surface area contributed by atoms with Crippen LogP contribution in [0.3, 0.4) is 0 Å². The molecule has 14 heavy (non-hydrogen) atoms. The summed E-state index contributed by atoms with van der Waals surface area (Å²) in [7, 11) is 0.0162. The number of hydrogen-bond donors (Lipinski definition) is 0. The topological polar surface area (TPSA) is 0 Å². The van der Waals surface area contributed by atoms with Gasteiger partial charge < -0.3 is 0 Å². The van der Waals surface area contributed by atoms with Crippen LogP contribution in [0.2, 0.25) is 0 Å². The molecule has 0 saturated carbocycles. The first-order valence-corrected chi connectivity index (χ1v) is 6.51. The Hall–Kier alpha value is 0.495. The molecule has 0 nitrogen and oxygen atoms in total. The fourth-order valence-corrected chi connectivity index (χ4v) is 9.06. The van der Waals surface area contributed by atoms with E-state index in [1.807, 2.05) is 0 Å². The molecule has 0 aliphatic carbocycles. The molecule has 2 heteroatoms. The van der Waals surface area contributed by atoms with Crippen molar-refractivity contribution >= 4 is 16.3 Å². The zero-order chi connectivity index (χ0) is 11.1. The highest BCUT2D eigenvalue weighted by Crippen LogP contribution is 2.66. The molecule has 0 heterocycles. The lowest BCUT2D eigenvalue weighted by Gasteiger charge is -2.49. The third-order valence-electron chi connectivity index (χ3n) is 2.01. The normalized spacial score (nSPS) is 14.1. The smallest absolute Gasteiger partial charge is 0.0170 e. The average Bonchev–Trinajstić information content (AvgIpc) is 1.44. The van der Waals surface area contributed by atoms with Gasteiger partial charge in [-0.3, -0.25) is 0 Å².